The summed E-state index contributed by atoms with van der Waals surface area (Å²) in [7, 11) is -3.34. The van der Waals surface area contributed by atoms with Crippen molar-refractivity contribution in [3.05, 3.63) is 62.4 Å². The van der Waals surface area contributed by atoms with Gasteiger partial charge in [-0.1, -0.05) is 45.2 Å². The fraction of sp³-hybridized carbons (Fsp3) is 0.250. The monoisotopic (exact) mass is 530 g/mol. The van der Waals surface area contributed by atoms with Crippen LogP contribution in [0.3, 0.4) is 0 Å². The van der Waals surface area contributed by atoms with E-state index in [2.05, 4.69) is 20.8 Å². The Morgan fingerprint density at radius 3 is 2.41 bits per heavy atom. The standard InChI is InChI=1S/C20H17BrCl2N2O2S2/c21-14-2-1-3-18(10-14)29(26,27)17-4-6-25(7-5-17)20-24-19(12-28-20)13-8-15(22)11-16(23)9-13/h1-3,8-12,17H,4-7H2. The van der Waals surface area contributed by atoms with Gasteiger partial charge < -0.3 is 4.90 Å². The third kappa shape index (κ3) is 4.64. The first-order valence-electron chi connectivity index (χ1n) is 8.99. The van der Waals surface area contributed by atoms with E-state index in [4.69, 9.17) is 28.2 Å². The van der Waals surface area contributed by atoms with Gasteiger partial charge in [0.25, 0.3) is 0 Å². The first kappa shape index (κ1) is 21.1. The average molecular weight is 532 g/mol. The van der Waals surface area contributed by atoms with Crippen LogP contribution in [0.4, 0.5) is 5.13 Å². The van der Waals surface area contributed by atoms with Crippen molar-refractivity contribution >= 4 is 65.4 Å². The number of aromatic nitrogens is 1. The summed E-state index contributed by atoms with van der Waals surface area (Å²) in [5.41, 5.74) is 1.69. The Labute approximate surface area is 192 Å². The van der Waals surface area contributed by atoms with Crippen molar-refractivity contribution in [2.24, 2.45) is 0 Å². The van der Waals surface area contributed by atoms with Crippen LogP contribution in [0.25, 0.3) is 11.3 Å². The normalized spacial score (nSPS) is 15.6. The highest BCUT2D eigenvalue weighted by molar-refractivity contribution is 9.10. The maximum Gasteiger partial charge on any atom is 0.185 e. The molecule has 0 atom stereocenters. The van der Waals surface area contributed by atoms with Gasteiger partial charge in [-0.05, 0) is 49.2 Å². The quantitative estimate of drug-likeness (QED) is 0.395. The van der Waals surface area contributed by atoms with E-state index in [1.54, 1.807) is 35.6 Å². The van der Waals surface area contributed by atoms with Crippen LogP contribution >= 0.6 is 50.5 Å². The number of rotatable bonds is 4. The molecule has 0 spiro atoms. The lowest BCUT2D eigenvalue weighted by molar-refractivity contribution is 0.529. The number of hydrogen-bond acceptors (Lipinski definition) is 5. The van der Waals surface area contributed by atoms with Crippen molar-refractivity contribution < 1.29 is 8.42 Å². The molecule has 0 radical (unpaired) electrons. The van der Waals surface area contributed by atoms with Gasteiger partial charge in [0, 0.05) is 38.6 Å². The number of piperidine rings is 1. The number of hydrogen-bond donors (Lipinski definition) is 0. The Kier molecular flexibility index (Phi) is 6.23. The number of thiazole rings is 1. The largest absolute Gasteiger partial charge is 0.348 e. The fourth-order valence-corrected chi connectivity index (χ4v) is 7.18. The van der Waals surface area contributed by atoms with Crippen molar-refractivity contribution in [2.75, 3.05) is 18.0 Å². The SMILES string of the molecule is O=S(=O)(c1cccc(Br)c1)C1CCN(c2nc(-c3cc(Cl)cc(Cl)c3)cs2)CC1. The zero-order valence-electron chi connectivity index (χ0n) is 15.2. The second-order valence-electron chi connectivity index (χ2n) is 6.86. The van der Waals surface area contributed by atoms with E-state index in [0.717, 1.165) is 20.9 Å². The van der Waals surface area contributed by atoms with Crippen LogP contribution in [0.2, 0.25) is 10.0 Å². The molecule has 0 saturated carbocycles. The molecule has 0 N–H and O–H groups in total. The number of nitrogens with zero attached hydrogens (tertiary/aromatic N) is 2. The molecule has 2 aromatic carbocycles. The molecule has 4 nitrogen and oxygen atoms in total. The number of benzene rings is 2. The molecule has 3 aromatic rings. The summed E-state index contributed by atoms with van der Waals surface area (Å²) in [6, 6.07) is 12.3. The molecule has 1 aromatic heterocycles. The molecule has 152 valence electrons. The molecule has 1 saturated heterocycles. The van der Waals surface area contributed by atoms with E-state index in [0.29, 0.717) is 40.9 Å². The Balaban J connectivity index is 1.47. The number of halogens is 3. The third-order valence-electron chi connectivity index (χ3n) is 4.93. The minimum absolute atomic E-state index is 0.375. The van der Waals surface area contributed by atoms with Gasteiger partial charge in [0.15, 0.2) is 15.0 Å². The Bertz CT molecular complexity index is 1120. The molecule has 0 unspecified atom stereocenters. The summed E-state index contributed by atoms with van der Waals surface area (Å²) >= 11 is 17.1. The van der Waals surface area contributed by atoms with Gasteiger partial charge in [-0.3, -0.25) is 0 Å². The van der Waals surface area contributed by atoms with Crippen molar-refractivity contribution in [1.29, 1.82) is 0 Å². The highest BCUT2D eigenvalue weighted by Gasteiger charge is 2.32. The van der Waals surface area contributed by atoms with Gasteiger partial charge in [0.1, 0.15) is 0 Å². The summed E-state index contributed by atoms with van der Waals surface area (Å²) in [5, 5.41) is 3.62. The smallest absolute Gasteiger partial charge is 0.185 e. The van der Waals surface area contributed by atoms with Crippen molar-refractivity contribution in [3.8, 4) is 11.3 Å². The second-order valence-corrected chi connectivity index (χ2v) is 11.7. The predicted octanol–water partition coefficient (Wildman–Crippen LogP) is 6.32. The zero-order valence-corrected chi connectivity index (χ0v) is 19.9. The molecule has 9 heteroatoms. The van der Waals surface area contributed by atoms with E-state index in [1.165, 1.54) is 0 Å². The molecule has 1 fully saturated rings. The molecule has 0 bridgehead atoms. The summed E-state index contributed by atoms with van der Waals surface area (Å²) in [4.78, 5) is 7.24. The highest BCUT2D eigenvalue weighted by atomic mass is 79.9. The van der Waals surface area contributed by atoms with Gasteiger partial charge in [0.05, 0.1) is 15.8 Å². The molecule has 2 heterocycles. The Morgan fingerprint density at radius 2 is 1.76 bits per heavy atom. The van der Waals surface area contributed by atoms with E-state index >= 15 is 0 Å². The molecule has 4 rings (SSSR count). The van der Waals surface area contributed by atoms with Crippen LogP contribution in [0, 0.1) is 0 Å². The second kappa shape index (κ2) is 8.55. The first-order valence-corrected chi connectivity index (χ1v) is 13.0. The van der Waals surface area contributed by atoms with Crippen molar-refractivity contribution in [3.63, 3.8) is 0 Å². The fourth-order valence-electron chi connectivity index (χ4n) is 3.44. The van der Waals surface area contributed by atoms with Crippen molar-refractivity contribution in [2.45, 2.75) is 23.0 Å². The van der Waals surface area contributed by atoms with Gasteiger partial charge >= 0.3 is 0 Å². The Morgan fingerprint density at radius 1 is 1.07 bits per heavy atom. The van der Waals surface area contributed by atoms with Crippen LogP contribution < -0.4 is 4.90 Å². The first-order chi connectivity index (χ1) is 13.8. The summed E-state index contributed by atoms with van der Waals surface area (Å²) in [5.74, 6) is 0. The average Bonchev–Trinajstić information content (AvgIpc) is 3.18. The lowest BCUT2D eigenvalue weighted by Gasteiger charge is -2.31. The van der Waals surface area contributed by atoms with Crippen LogP contribution in [-0.2, 0) is 9.84 Å². The topological polar surface area (TPSA) is 50.3 Å². The van der Waals surface area contributed by atoms with Gasteiger partial charge in [0.2, 0.25) is 0 Å². The molecule has 29 heavy (non-hydrogen) atoms. The molecular weight excluding hydrogens is 515 g/mol. The molecular formula is C20H17BrCl2N2O2S2. The molecule has 1 aliphatic heterocycles. The van der Waals surface area contributed by atoms with Crippen LogP contribution in [-0.4, -0.2) is 31.7 Å². The molecule has 1 aliphatic rings. The maximum absolute atomic E-state index is 13.0. The number of sulfone groups is 1. The number of anilines is 1. The van der Waals surface area contributed by atoms with E-state index in [1.807, 2.05) is 23.6 Å². The van der Waals surface area contributed by atoms with E-state index < -0.39 is 9.84 Å². The summed E-state index contributed by atoms with van der Waals surface area (Å²) < 4.78 is 26.7. The van der Waals surface area contributed by atoms with E-state index in [9.17, 15) is 8.42 Å². The molecule has 0 aliphatic carbocycles. The van der Waals surface area contributed by atoms with Crippen LogP contribution in [0.5, 0.6) is 0 Å². The van der Waals surface area contributed by atoms with Gasteiger partial charge in [-0.15, -0.1) is 11.3 Å². The minimum atomic E-state index is -3.34. The maximum atomic E-state index is 13.0. The van der Waals surface area contributed by atoms with Crippen LogP contribution in [0.15, 0.2) is 57.2 Å². The Hall–Kier alpha value is -1.12. The van der Waals surface area contributed by atoms with Gasteiger partial charge in [-0.25, -0.2) is 13.4 Å². The van der Waals surface area contributed by atoms with E-state index in [-0.39, 0.29) is 5.25 Å². The minimum Gasteiger partial charge on any atom is -0.348 e. The summed E-state index contributed by atoms with van der Waals surface area (Å²) in [6.45, 7) is 1.31. The highest BCUT2D eigenvalue weighted by Crippen LogP contribution is 2.33. The van der Waals surface area contributed by atoms with Crippen molar-refractivity contribution in [1.82, 2.24) is 4.98 Å². The predicted molar refractivity (Wildman–Crippen MR) is 124 cm³/mol. The van der Waals surface area contributed by atoms with Gasteiger partial charge in [-0.2, -0.15) is 0 Å². The van der Waals surface area contributed by atoms with Crippen LogP contribution in [0.1, 0.15) is 12.8 Å². The lowest BCUT2D eigenvalue weighted by atomic mass is 10.1. The molecule has 0 amide bonds. The zero-order chi connectivity index (χ0) is 20.6. The third-order valence-corrected chi connectivity index (χ3v) is 9.02. The lowest BCUT2D eigenvalue weighted by Crippen LogP contribution is -2.39. The summed E-state index contributed by atoms with van der Waals surface area (Å²) in [6.07, 6.45) is 1.15.